The quantitative estimate of drug-likeness (QED) is 0.846. The largest absolute Gasteiger partial charge is 0.349 e. The Labute approximate surface area is 145 Å². The highest BCUT2D eigenvalue weighted by atomic mass is 19.1. The van der Waals surface area contributed by atoms with E-state index in [2.05, 4.69) is 14.5 Å². The van der Waals surface area contributed by atoms with Crippen molar-refractivity contribution in [1.82, 2.24) is 19.6 Å². The van der Waals surface area contributed by atoms with E-state index in [4.69, 9.17) is 4.84 Å². The normalized spacial score (nSPS) is 20.4. The number of nitrogens with zero attached hydrogens (tertiary/aromatic N) is 5. The molecule has 0 bridgehead atoms. The fourth-order valence-electron chi connectivity index (χ4n) is 3.42. The molecule has 0 unspecified atom stereocenters. The third kappa shape index (κ3) is 3.48. The maximum atomic E-state index is 13.1. The minimum Gasteiger partial charge on any atom is -0.349 e. The Morgan fingerprint density at radius 2 is 2.16 bits per heavy atom. The highest BCUT2D eigenvalue weighted by Gasteiger charge is 2.28. The number of aromatic nitrogens is 3. The van der Waals surface area contributed by atoms with Gasteiger partial charge in [0, 0.05) is 37.3 Å². The third-order valence-corrected chi connectivity index (χ3v) is 4.59. The summed E-state index contributed by atoms with van der Waals surface area (Å²) in [5.41, 5.74) is 1.13. The molecule has 132 valence electrons. The van der Waals surface area contributed by atoms with Crippen molar-refractivity contribution in [3.8, 4) is 0 Å². The lowest BCUT2D eigenvalue weighted by Gasteiger charge is -2.24. The molecule has 8 heteroatoms. The Morgan fingerprint density at radius 3 is 2.92 bits per heavy atom. The molecular formula is C17H20FN5O2. The predicted octanol–water partition coefficient (Wildman–Crippen LogP) is 1.61. The lowest BCUT2D eigenvalue weighted by molar-refractivity contribution is -0.169. The van der Waals surface area contributed by atoms with Crippen LogP contribution in [0.25, 0.3) is 0 Å². The molecule has 4 heterocycles. The Bertz CT molecular complexity index is 742. The molecule has 2 aromatic heterocycles. The van der Waals surface area contributed by atoms with Crippen molar-refractivity contribution in [1.29, 1.82) is 0 Å². The number of amides is 1. The molecule has 0 N–H and O–H groups in total. The van der Waals surface area contributed by atoms with E-state index in [1.165, 1.54) is 17.5 Å². The van der Waals surface area contributed by atoms with Crippen LogP contribution in [0.2, 0.25) is 0 Å². The monoisotopic (exact) mass is 345 g/mol. The standard InChI is InChI=1S/C17H20FN5O2/c18-14-8-19-17(20-9-14)22-11-13(7-16(24)23-5-2-6-25-23)10-21-4-1-3-15(21)12-22/h1,3-4,8-9,13H,2,5-7,10-12H2/t13-/m1/s1. The molecule has 0 spiro atoms. The fourth-order valence-corrected chi connectivity index (χ4v) is 3.42. The smallest absolute Gasteiger partial charge is 0.246 e. The zero-order valence-corrected chi connectivity index (χ0v) is 13.8. The van der Waals surface area contributed by atoms with Gasteiger partial charge in [0.2, 0.25) is 11.9 Å². The molecule has 1 atom stereocenters. The molecule has 4 rings (SSSR count). The van der Waals surface area contributed by atoms with Crippen molar-refractivity contribution >= 4 is 11.9 Å². The van der Waals surface area contributed by atoms with Gasteiger partial charge in [-0.25, -0.2) is 19.4 Å². The van der Waals surface area contributed by atoms with Gasteiger partial charge in [-0.3, -0.25) is 9.63 Å². The van der Waals surface area contributed by atoms with Crippen LogP contribution in [0.4, 0.5) is 10.3 Å². The minimum atomic E-state index is -0.458. The van der Waals surface area contributed by atoms with Gasteiger partial charge in [0.05, 0.1) is 32.1 Å². The van der Waals surface area contributed by atoms with Crippen molar-refractivity contribution in [3.63, 3.8) is 0 Å². The van der Waals surface area contributed by atoms with Crippen molar-refractivity contribution in [2.24, 2.45) is 5.92 Å². The minimum absolute atomic E-state index is 0.0121. The van der Waals surface area contributed by atoms with E-state index in [1.807, 2.05) is 23.2 Å². The number of halogens is 1. The molecule has 2 aliphatic heterocycles. The third-order valence-electron chi connectivity index (χ3n) is 4.59. The van der Waals surface area contributed by atoms with Crippen LogP contribution < -0.4 is 4.90 Å². The maximum absolute atomic E-state index is 13.1. The number of hydrogen-bond donors (Lipinski definition) is 0. The van der Waals surface area contributed by atoms with Crippen LogP contribution in [0, 0.1) is 11.7 Å². The van der Waals surface area contributed by atoms with E-state index >= 15 is 0 Å². The van der Waals surface area contributed by atoms with Gasteiger partial charge < -0.3 is 9.47 Å². The summed E-state index contributed by atoms with van der Waals surface area (Å²) >= 11 is 0. The number of carbonyl (C=O) groups excluding carboxylic acids is 1. The Kier molecular flexibility index (Phi) is 4.35. The van der Waals surface area contributed by atoms with Gasteiger partial charge in [-0.1, -0.05) is 0 Å². The van der Waals surface area contributed by atoms with Crippen LogP contribution >= 0.6 is 0 Å². The average Bonchev–Trinajstić information content (AvgIpc) is 3.25. The van der Waals surface area contributed by atoms with Crippen molar-refractivity contribution in [2.75, 3.05) is 24.6 Å². The van der Waals surface area contributed by atoms with Crippen LogP contribution in [-0.4, -0.2) is 45.2 Å². The number of anilines is 1. The zero-order chi connectivity index (χ0) is 17.2. The fraction of sp³-hybridized carbons (Fsp3) is 0.471. The van der Waals surface area contributed by atoms with Gasteiger partial charge in [0.1, 0.15) is 0 Å². The van der Waals surface area contributed by atoms with Crippen LogP contribution in [0.15, 0.2) is 30.7 Å². The van der Waals surface area contributed by atoms with Gasteiger partial charge in [-0.05, 0) is 18.6 Å². The summed E-state index contributed by atoms with van der Waals surface area (Å²) in [5.74, 6) is 0.128. The Balaban J connectivity index is 1.54. The molecule has 1 saturated heterocycles. The molecule has 0 aromatic carbocycles. The summed E-state index contributed by atoms with van der Waals surface area (Å²) in [7, 11) is 0. The summed E-state index contributed by atoms with van der Waals surface area (Å²) in [4.78, 5) is 28.0. The summed E-state index contributed by atoms with van der Waals surface area (Å²) < 4.78 is 15.3. The molecule has 0 saturated carbocycles. The number of rotatable bonds is 3. The van der Waals surface area contributed by atoms with Gasteiger partial charge in [-0.2, -0.15) is 0 Å². The lowest BCUT2D eigenvalue weighted by atomic mass is 10.0. The molecule has 0 aliphatic carbocycles. The first kappa shape index (κ1) is 16.0. The SMILES string of the molecule is O=C(C[C@H]1CN(c2ncc(F)cn2)Cc2cccn2C1)N1CCCO1. The van der Waals surface area contributed by atoms with Crippen LogP contribution in [-0.2, 0) is 22.7 Å². The lowest BCUT2D eigenvalue weighted by Crippen LogP contribution is -2.34. The van der Waals surface area contributed by atoms with Gasteiger partial charge >= 0.3 is 0 Å². The highest BCUT2D eigenvalue weighted by Crippen LogP contribution is 2.23. The average molecular weight is 345 g/mol. The second-order valence-corrected chi connectivity index (χ2v) is 6.49. The number of hydrogen-bond acceptors (Lipinski definition) is 5. The number of hydroxylamine groups is 2. The Morgan fingerprint density at radius 1 is 1.32 bits per heavy atom. The van der Waals surface area contributed by atoms with Crippen LogP contribution in [0.5, 0.6) is 0 Å². The van der Waals surface area contributed by atoms with Gasteiger partial charge in [-0.15, -0.1) is 0 Å². The second-order valence-electron chi connectivity index (χ2n) is 6.49. The van der Waals surface area contributed by atoms with E-state index in [0.29, 0.717) is 38.6 Å². The van der Waals surface area contributed by atoms with E-state index in [0.717, 1.165) is 18.7 Å². The summed E-state index contributed by atoms with van der Waals surface area (Å²) in [6, 6.07) is 4.04. The molecule has 0 radical (unpaired) electrons. The first-order valence-corrected chi connectivity index (χ1v) is 8.49. The van der Waals surface area contributed by atoms with Crippen molar-refractivity contribution in [3.05, 3.63) is 42.2 Å². The van der Waals surface area contributed by atoms with Crippen LogP contribution in [0.3, 0.4) is 0 Å². The van der Waals surface area contributed by atoms with E-state index in [-0.39, 0.29) is 11.8 Å². The summed E-state index contributed by atoms with van der Waals surface area (Å²) in [6.07, 6.45) is 5.65. The Hall–Kier alpha value is -2.48. The first-order valence-electron chi connectivity index (χ1n) is 8.49. The van der Waals surface area contributed by atoms with E-state index < -0.39 is 5.82 Å². The van der Waals surface area contributed by atoms with Gasteiger partial charge in [0.25, 0.3) is 0 Å². The molecule has 25 heavy (non-hydrogen) atoms. The summed E-state index contributed by atoms with van der Waals surface area (Å²) in [6.45, 7) is 3.27. The molecule has 7 nitrogen and oxygen atoms in total. The first-order chi connectivity index (χ1) is 12.2. The molecule has 1 fully saturated rings. The van der Waals surface area contributed by atoms with Crippen LogP contribution in [0.1, 0.15) is 18.5 Å². The molecule has 2 aliphatic rings. The second kappa shape index (κ2) is 6.79. The number of carbonyl (C=O) groups is 1. The number of fused-ring (bicyclic) bond motifs is 1. The van der Waals surface area contributed by atoms with Crippen molar-refractivity contribution < 1.29 is 14.0 Å². The molecular weight excluding hydrogens is 325 g/mol. The molecule has 2 aromatic rings. The van der Waals surface area contributed by atoms with E-state index in [1.54, 1.807) is 0 Å². The zero-order valence-electron chi connectivity index (χ0n) is 13.8. The van der Waals surface area contributed by atoms with Gasteiger partial charge in [0.15, 0.2) is 5.82 Å². The molecule has 1 amide bonds. The maximum Gasteiger partial charge on any atom is 0.246 e. The van der Waals surface area contributed by atoms with E-state index in [9.17, 15) is 9.18 Å². The summed E-state index contributed by atoms with van der Waals surface area (Å²) in [5, 5.41) is 1.47. The van der Waals surface area contributed by atoms with Crippen molar-refractivity contribution in [2.45, 2.75) is 25.9 Å². The predicted molar refractivity (Wildman–Crippen MR) is 87.9 cm³/mol. The highest BCUT2D eigenvalue weighted by molar-refractivity contribution is 5.75. The topological polar surface area (TPSA) is 63.5 Å².